The summed E-state index contributed by atoms with van der Waals surface area (Å²) in [6.07, 6.45) is 2.13. The number of carbonyl (C=O) groups excluding carboxylic acids is 2. The summed E-state index contributed by atoms with van der Waals surface area (Å²) >= 11 is 0. The molecule has 5 heteroatoms. The SMILES string of the molecule is O=C1NC(Cc2ccc(O)cc2)C(=O)N2CCCC12. The first-order chi connectivity index (χ1) is 9.15. The van der Waals surface area contributed by atoms with Crippen molar-refractivity contribution >= 4 is 11.8 Å². The largest absolute Gasteiger partial charge is 0.508 e. The second kappa shape index (κ2) is 4.57. The van der Waals surface area contributed by atoms with Crippen molar-refractivity contribution in [3.8, 4) is 5.75 Å². The van der Waals surface area contributed by atoms with Crippen LogP contribution in [0.2, 0.25) is 0 Å². The first-order valence-electron chi connectivity index (χ1n) is 6.54. The molecule has 2 aliphatic rings. The molecule has 2 saturated heterocycles. The molecular weight excluding hydrogens is 244 g/mol. The Labute approximate surface area is 111 Å². The molecule has 100 valence electrons. The summed E-state index contributed by atoms with van der Waals surface area (Å²) in [5.41, 5.74) is 0.925. The maximum absolute atomic E-state index is 12.3. The van der Waals surface area contributed by atoms with Crippen molar-refractivity contribution in [1.82, 2.24) is 10.2 Å². The number of nitrogens with zero attached hydrogens (tertiary/aromatic N) is 1. The zero-order chi connectivity index (χ0) is 13.4. The average molecular weight is 260 g/mol. The number of piperazine rings is 1. The van der Waals surface area contributed by atoms with Crippen molar-refractivity contribution in [2.45, 2.75) is 31.3 Å². The van der Waals surface area contributed by atoms with E-state index in [1.54, 1.807) is 29.2 Å². The van der Waals surface area contributed by atoms with Gasteiger partial charge in [-0.05, 0) is 30.5 Å². The summed E-state index contributed by atoms with van der Waals surface area (Å²) in [6.45, 7) is 0.684. The van der Waals surface area contributed by atoms with Gasteiger partial charge in [0.25, 0.3) is 0 Å². The van der Waals surface area contributed by atoms with Crippen LogP contribution < -0.4 is 5.32 Å². The van der Waals surface area contributed by atoms with Gasteiger partial charge >= 0.3 is 0 Å². The third-order valence-corrected chi connectivity index (χ3v) is 3.83. The Hall–Kier alpha value is -2.04. The quantitative estimate of drug-likeness (QED) is 0.810. The maximum Gasteiger partial charge on any atom is 0.246 e. The number of amides is 2. The van der Waals surface area contributed by atoms with Gasteiger partial charge in [-0.15, -0.1) is 0 Å². The van der Waals surface area contributed by atoms with E-state index in [-0.39, 0.29) is 23.6 Å². The number of phenolic OH excluding ortho intramolecular Hbond substituents is 1. The fourth-order valence-corrected chi connectivity index (χ4v) is 2.84. The summed E-state index contributed by atoms with van der Waals surface area (Å²) in [4.78, 5) is 25.9. The van der Waals surface area contributed by atoms with Gasteiger partial charge in [0.15, 0.2) is 0 Å². The minimum atomic E-state index is -0.480. The normalized spacial score (nSPS) is 26.2. The smallest absolute Gasteiger partial charge is 0.246 e. The van der Waals surface area contributed by atoms with E-state index in [9.17, 15) is 14.7 Å². The minimum absolute atomic E-state index is 0.00942. The third-order valence-electron chi connectivity index (χ3n) is 3.83. The van der Waals surface area contributed by atoms with Crippen LogP contribution in [0.25, 0.3) is 0 Å². The van der Waals surface area contributed by atoms with E-state index in [2.05, 4.69) is 5.32 Å². The summed E-state index contributed by atoms with van der Waals surface area (Å²) < 4.78 is 0. The number of carbonyl (C=O) groups is 2. The van der Waals surface area contributed by atoms with Crippen LogP contribution in [-0.4, -0.2) is 40.4 Å². The molecule has 2 heterocycles. The molecule has 2 amide bonds. The number of nitrogens with one attached hydrogen (secondary N) is 1. The molecule has 5 nitrogen and oxygen atoms in total. The van der Waals surface area contributed by atoms with Crippen molar-refractivity contribution in [3.63, 3.8) is 0 Å². The second-order valence-electron chi connectivity index (χ2n) is 5.12. The van der Waals surface area contributed by atoms with Crippen LogP contribution >= 0.6 is 0 Å². The van der Waals surface area contributed by atoms with E-state index in [1.807, 2.05) is 0 Å². The summed E-state index contributed by atoms with van der Waals surface area (Å²) in [6, 6.07) is 5.97. The first kappa shape index (κ1) is 12.0. The first-order valence-corrected chi connectivity index (χ1v) is 6.54. The van der Waals surface area contributed by atoms with Crippen molar-refractivity contribution in [1.29, 1.82) is 0 Å². The van der Waals surface area contributed by atoms with Crippen LogP contribution in [0.3, 0.4) is 0 Å². The zero-order valence-electron chi connectivity index (χ0n) is 10.5. The molecule has 0 bridgehead atoms. The lowest BCUT2D eigenvalue weighted by molar-refractivity contribution is -0.146. The molecule has 0 radical (unpaired) electrons. The molecular formula is C14H16N2O3. The fourth-order valence-electron chi connectivity index (χ4n) is 2.84. The fraction of sp³-hybridized carbons (Fsp3) is 0.429. The number of hydrogen-bond donors (Lipinski definition) is 2. The Bertz CT molecular complexity index is 512. The van der Waals surface area contributed by atoms with E-state index >= 15 is 0 Å². The van der Waals surface area contributed by atoms with E-state index in [0.717, 1.165) is 18.4 Å². The number of hydrogen-bond acceptors (Lipinski definition) is 3. The molecule has 2 atom stereocenters. The van der Waals surface area contributed by atoms with Gasteiger partial charge < -0.3 is 15.3 Å². The summed E-state index contributed by atoms with van der Waals surface area (Å²) in [7, 11) is 0. The molecule has 1 aromatic carbocycles. The van der Waals surface area contributed by atoms with Crippen LogP contribution in [0.15, 0.2) is 24.3 Å². The Morgan fingerprint density at radius 3 is 2.74 bits per heavy atom. The lowest BCUT2D eigenvalue weighted by Gasteiger charge is -2.34. The van der Waals surface area contributed by atoms with E-state index in [1.165, 1.54) is 0 Å². The van der Waals surface area contributed by atoms with Crippen LogP contribution in [0, 0.1) is 0 Å². The van der Waals surface area contributed by atoms with Crippen molar-refractivity contribution in [3.05, 3.63) is 29.8 Å². The van der Waals surface area contributed by atoms with Gasteiger partial charge in [-0.3, -0.25) is 9.59 Å². The lowest BCUT2D eigenvalue weighted by Crippen LogP contribution is -2.61. The van der Waals surface area contributed by atoms with Crippen molar-refractivity contribution in [2.75, 3.05) is 6.54 Å². The van der Waals surface area contributed by atoms with Crippen LogP contribution in [0.1, 0.15) is 18.4 Å². The van der Waals surface area contributed by atoms with E-state index in [4.69, 9.17) is 0 Å². The molecule has 0 aliphatic carbocycles. The Balaban J connectivity index is 1.76. The number of fused-ring (bicyclic) bond motifs is 1. The average Bonchev–Trinajstić information content (AvgIpc) is 2.88. The predicted molar refractivity (Wildman–Crippen MR) is 68.5 cm³/mol. The number of rotatable bonds is 2. The summed E-state index contributed by atoms with van der Waals surface area (Å²) in [5.74, 6) is 0.165. The molecule has 1 aromatic rings. The molecule has 0 spiro atoms. The minimum Gasteiger partial charge on any atom is -0.508 e. The Kier molecular flexibility index (Phi) is 2.89. The van der Waals surface area contributed by atoms with Gasteiger partial charge in [0, 0.05) is 13.0 Å². The Morgan fingerprint density at radius 1 is 1.26 bits per heavy atom. The predicted octanol–water partition coefficient (Wildman–Crippen LogP) is 0.424. The van der Waals surface area contributed by atoms with Crippen LogP contribution in [0.5, 0.6) is 5.75 Å². The second-order valence-corrected chi connectivity index (χ2v) is 5.12. The lowest BCUT2D eigenvalue weighted by atomic mass is 10.0. The van der Waals surface area contributed by atoms with Gasteiger partial charge in [-0.1, -0.05) is 12.1 Å². The van der Waals surface area contributed by atoms with Gasteiger partial charge in [0.05, 0.1) is 0 Å². The molecule has 2 fully saturated rings. The third kappa shape index (κ3) is 2.16. The van der Waals surface area contributed by atoms with Gasteiger partial charge in [0.1, 0.15) is 17.8 Å². The van der Waals surface area contributed by atoms with Gasteiger partial charge in [-0.2, -0.15) is 0 Å². The molecule has 2 unspecified atom stereocenters. The van der Waals surface area contributed by atoms with E-state index < -0.39 is 6.04 Å². The zero-order valence-corrected chi connectivity index (χ0v) is 10.5. The Morgan fingerprint density at radius 2 is 2.00 bits per heavy atom. The standard InChI is InChI=1S/C14H16N2O3/c17-10-5-3-9(4-6-10)8-11-14(19)16-7-1-2-12(16)13(18)15-11/h3-6,11-12,17H,1-2,7-8H2,(H,15,18). The molecule has 0 aromatic heterocycles. The molecule has 2 N–H and O–H groups in total. The summed E-state index contributed by atoms with van der Waals surface area (Å²) in [5, 5.41) is 12.0. The highest BCUT2D eigenvalue weighted by Gasteiger charge is 2.42. The van der Waals surface area contributed by atoms with Crippen LogP contribution in [-0.2, 0) is 16.0 Å². The molecule has 0 saturated carbocycles. The highest BCUT2D eigenvalue weighted by molar-refractivity contribution is 5.97. The molecule has 3 rings (SSSR count). The van der Waals surface area contributed by atoms with Crippen LogP contribution in [0.4, 0.5) is 0 Å². The van der Waals surface area contributed by atoms with Crippen molar-refractivity contribution < 1.29 is 14.7 Å². The number of benzene rings is 1. The number of aromatic hydroxyl groups is 1. The van der Waals surface area contributed by atoms with Crippen molar-refractivity contribution in [2.24, 2.45) is 0 Å². The topological polar surface area (TPSA) is 69.6 Å². The highest BCUT2D eigenvalue weighted by Crippen LogP contribution is 2.23. The number of phenols is 1. The monoisotopic (exact) mass is 260 g/mol. The van der Waals surface area contributed by atoms with Gasteiger partial charge in [0.2, 0.25) is 11.8 Å². The maximum atomic E-state index is 12.3. The van der Waals surface area contributed by atoms with E-state index in [0.29, 0.717) is 13.0 Å². The molecule has 19 heavy (non-hydrogen) atoms. The molecule has 2 aliphatic heterocycles. The highest BCUT2D eigenvalue weighted by atomic mass is 16.3. The van der Waals surface area contributed by atoms with Gasteiger partial charge in [-0.25, -0.2) is 0 Å².